The Bertz CT molecular complexity index is 1430. The number of nitrogens with one attached hydrogen (secondary N) is 3. The fraction of sp³-hybridized carbons (Fsp3) is 0.308. The number of halogens is 1. The molecule has 0 saturated carbocycles. The average molecular weight is 505 g/mol. The molecule has 4 aromatic rings. The SMILES string of the molecule is Cc1ccc(Cl)cc1N1CCc2nc(-c3c(C)ccc4[nH]ncc34)nc(NCCNCC(N)=O)c2C1. The number of anilines is 2. The third-order valence-electron chi connectivity index (χ3n) is 6.52. The molecule has 5 N–H and O–H groups in total. The monoisotopic (exact) mass is 504 g/mol. The number of aromatic amines is 1. The van der Waals surface area contributed by atoms with Crippen LogP contribution in [0.15, 0.2) is 36.5 Å². The van der Waals surface area contributed by atoms with E-state index in [9.17, 15) is 4.79 Å². The Hall–Kier alpha value is -3.69. The van der Waals surface area contributed by atoms with Gasteiger partial charge in [0.15, 0.2) is 5.82 Å². The van der Waals surface area contributed by atoms with E-state index in [2.05, 4.69) is 45.6 Å². The molecule has 36 heavy (non-hydrogen) atoms. The maximum Gasteiger partial charge on any atom is 0.231 e. The van der Waals surface area contributed by atoms with Crippen molar-refractivity contribution < 1.29 is 4.79 Å². The molecule has 0 atom stereocenters. The van der Waals surface area contributed by atoms with Crippen LogP contribution < -0.4 is 21.3 Å². The van der Waals surface area contributed by atoms with Gasteiger partial charge in [0, 0.05) is 59.8 Å². The van der Waals surface area contributed by atoms with Crippen LogP contribution in [0.3, 0.4) is 0 Å². The number of hydrogen-bond acceptors (Lipinski definition) is 7. The van der Waals surface area contributed by atoms with E-state index in [1.165, 1.54) is 5.56 Å². The Kier molecular flexibility index (Phi) is 6.75. The summed E-state index contributed by atoms with van der Waals surface area (Å²) in [6.07, 6.45) is 2.61. The van der Waals surface area contributed by atoms with Crippen LogP contribution in [0.2, 0.25) is 5.02 Å². The fourth-order valence-electron chi connectivity index (χ4n) is 4.71. The molecule has 0 spiro atoms. The number of aryl methyl sites for hydroxylation is 2. The number of nitrogens with zero attached hydrogens (tertiary/aromatic N) is 4. The molecular formula is C26H29ClN8O. The third kappa shape index (κ3) is 4.84. The van der Waals surface area contributed by atoms with E-state index in [0.29, 0.717) is 25.5 Å². The van der Waals surface area contributed by atoms with Gasteiger partial charge in [-0.15, -0.1) is 0 Å². The second kappa shape index (κ2) is 10.1. The number of carbonyl (C=O) groups is 1. The summed E-state index contributed by atoms with van der Waals surface area (Å²) in [6.45, 7) is 6.96. The molecule has 1 amide bonds. The van der Waals surface area contributed by atoms with Crippen LogP contribution in [0.5, 0.6) is 0 Å². The summed E-state index contributed by atoms with van der Waals surface area (Å²) in [5.41, 5.74) is 12.6. The molecule has 3 heterocycles. The topological polar surface area (TPSA) is 125 Å². The number of primary amides is 1. The molecule has 9 nitrogen and oxygen atoms in total. The van der Waals surface area contributed by atoms with E-state index in [4.69, 9.17) is 27.3 Å². The Morgan fingerprint density at radius 2 is 2.00 bits per heavy atom. The van der Waals surface area contributed by atoms with Gasteiger partial charge in [0.25, 0.3) is 0 Å². The molecule has 10 heteroatoms. The number of benzene rings is 2. The Morgan fingerprint density at radius 3 is 2.83 bits per heavy atom. The standard InChI is InChI=1S/C26H29ClN8O/c1-15-3-5-17(27)11-22(15)35-10-7-20-19(14-35)25(30-9-8-29-13-23(28)36)33-26(32-20)24-16(2)4-6-21-18(24)12-31-34-21/h3-6,11-12,29H,7-10,13-14H2,1-2H3,(H2,28,36)(H,31,34)(H,30,32,33). The van der Waals surface area contributed by atoms with Crippen LogP contribution in [0.25, 0.3) is 22.3 Å². The van der Waals surface area contributed by atoms with Crippen molar-refractivity contribution in [3.8, 4) is 11.4 Å². The number of hydrogen-bond donors (Lipinski definition) is 4. The van der Waals surface area contributed by atoms with Crippen LogP contribution in [0.4, 0.5) is 11.5 Å². The first-order valence-corrected chi connectivity index (χ1v) is 12.4. The fourth-order valence-corrected chi connectivity index (χ4v) is 4.87. The first kappa shape index (κ1) is 24.0. The molecular weight excluding hydrogens is 476 g/mol. The number of rotatable bonds is 8. The average Bonchev–Trinajstić information content (AvgIpc) is 3.33. The molecule has 1 aliphatic heterocycles. The number of fused-ring (bicyclic) bond motifs is 2. The first-order valence-electron chi connectivity index (χ1n) is 12.0. The lowest BCUT2D eigenvalue weighted by Crippen LogP contribution is -2.34. The number of carbonyl (C=O) groups excluding carboxylic acids is 1. The summed E-state index contributed by atoms with van der Waals surface area (Å²) in [6, 6.07) is 10.1. The third-order valence-corrected chi connectivity index (χ3v) is 6.76. The summed E-state index contributed by atoms with van der Waals surface area (Å²) >= 11 is 6.32. The molecule has 2 aromatic heterocycles. The van der Waals surface area contributed by atoms with Gasteiger partial charge in [-0.1, -0.05) is 23.7 Å². The second-order valence-electron chi connectivity index (χ2n) is 9.08. The lowest BCUT2D eigenvalue weighted by atomic mass is 10.0. The minimum absolute atomic E-state index is 0.137. The van der Waals surface area contributed by atoms with Crippen LogP contribution in [-0.4, -0.2) is 52.3 Å². The zero-order chi connectivity index (χ0) is 25.2. The minimum atomic E-state index is -0.382. The normalized spacial score (nSPS) is 13.1. The predicted molar refractivity (Wildman–Crippen MR) is 143 cm³/mol. The first-order chi connectivity index (χ1) is 17.4. The Labute approximate surface area is 214 Å². The van der Waals surface area contributed by atoms with Crippen LogP contribution in [-0.2, 0) is 17.8 Å². The van der Waals surface area contributed by atoms with Crippen molar-refractivity contribution in [2.24, 2.45) is 5.73 Å². The summed E-state index contributed by atoms with van der Waals surface area (Å²) in [5, 5.41) is 15.5. The van der Waals surface area contributed by atoms with Crippen molar-refractivity contribution in [3.63, 3.8) is 0 Å². The summed E-state index contributed by atoms with van der Waals surface area (Å²) in [5.74, 6) is 1.09. The number of nitrogens with two attached hydrogens (primary N) is 1. The lowest BCUT2D eigenvalue weighted by Gasteiger charge is -2.32. The van der Waals surface area contributed by atoms with Crippen LogP contribution in [0, 0.1) is 13.8 Å². The number of H-pyrrole nitrogens is 1. The summed E-state index contributed by atoms with van der Waals surface area (Å²) in [7, 11) is 0. The maximum atomic E-state index is 11.1. The Balaban J connectivity index is 1.52. The molecule has 0 fully saturated rings. The molecule has 5 rings (SSSR count). The molecule has 186 valence electrons. The highest BCUT2D eigenvalue weighted by molar-refractivity contribution is 6.30. The van der Waals surface area contributed by atoms with Gasteiger partial charge in [-0.3, -0.25) is 9.89 Å². The number of amides is 1. The zero-order valence-electron chi connectivity index (χ0n) is 20.4. The van der Waals surface area contributed by atoms with Crippen molar-refractivity contribution >= 4 is 39.9 Å². The Morgan fingerprint density at radius 1 is 1.17 bits per heavy atom. The molecule has 2 aromatic carbocycles. The largest absolute Gasteiger partial charge is 0.369 e. The van der Waals surface area contributed by atoms with Crippen LogP contribution >= 0.6 is 11.6 Å². The minimum Gasteiger partial charge on any atom is -0.369 e. The quantitative estimate of drug-likeness (QED) is 0.271. The van der Waals surface area contributed by atoms with E-state index in [1.54, 1.807) is 0 Å². The van der Waals surface area contributed by atoms with Crippen molar-refractivity contribution in [1.82, 2.24) is 25.5 Å². The van der Waals surface area contributed by atoms with Crippen molar-refractivity contribution in [2.75, 3.05) is 36.4 Å². The van der Waals surface area contributed by atoms with Crippen molar-refractivity contribution in [1.29, 1.82) is 0 Å². The van der Waals surface area contributed by atoms with Gasteiger partial charge >= 0.3 is 0 Å². The second-order valence-corrected chi connectivity index (χ2v) is 9.52. The highest BCUT2D eigenvalue weighted by atomic mass is 35.5. The maximum absolute atomic E-state index is 11.1. The van der Waals surface area contributed by atoms with E-state index in [-0.39, 0.29) is 12.5 Å². The van der Waals surface area contributed by atoms with Gasteiger partial charge in [0.05, 0.1) is 24.0 Å². The van der Waals surface area contributed by atoms with Gasteiger partial charge in [-0.2, -0.15) is 5.10 Å². The predicted octanol–water partition coefficient (Wildman–Crippen LogP) is 3.34. The molecule has 0 unspecified atom stereocenters. The van der Waals surface area contributed by atoms with Crippen molar-refractivity contribution in [2.45, 2.75) is 26.8 Å². The van der Waals surface area contributed by atoms with E-state index in [1.807, 2.05) is 30.5 Å². The van der Waals surface area contributed by atoms with Gasteiger partial charge in [0.2, 0.25) is 5.91 Å². The summed E-state index contributed by atoms with van der Waals surface area (Å²) in [4.78, 5) is 23.4. The van der Waals surface area contributed by atoms with E-state index in [0.717, 1.165) is 62.8 Å². The zero-order valence-corrected chi connectivity index (χ0v) is 21.1. The molecule has 0 bridgehead atoms. The van der Waals surface area contributed by atoms with Gasteiger partial charge < -0.3 is 21.3 Å². The van der Waals surface area contributed by atoms with Crippen LogP contribution in [0.1, 0.15) is 22.4 Å². The molecule has 1 aliphatic rings. The molecule has 0 saturated heterocycles. The van der Waals surface area contributed by atoms with Gasteiger partial charge in [-0.05, 0) is 43.2 Å². The smallest absolute Gasteiger partial charge is 0.231 e. The van der Waals surface area contributed by atoms with Crippen molar-refractivity contribution in [3.05, 3.63) is 63.9 Å². The van der Waals surface area contributed by atoms with Gasteiger partial charge in [0.1, 0.15) is 5.82 Å². The van der Waals surface area contributed by atoms with Gasteiger partial charge in [-0.25, -0.2) is 9.97 Å². The summed E-state index contributed by atoms with van der Waals surface area (Å²) < 4.78 is 0. The highest BCUT2D eigenvalue weighted by Gasteiger charge is 2.25. The lowest BCUT2D eigenvalue weighted by molar-refractivity contribution is -0.117. The molecule has 0 aliphatic carbocycles. The van der Waals surface area contributed by atoms with E-state index < -0.39 is 0 Å². The number of aromatic nitrogens is 4. The highest BCUT2D eigenvalue weighted by Crippen LogP contribution is 2.35. The van der Waals surface area contributed by atoms with E-state index >= 15 is 0 Å². The molecule has 0 radical (unpaired) electrons.